The Morgan fingerprint density at radius 2 is 1.76 bits per heavy atom. The number of amides is 2. The minimum atomic E-state index is -0.183. The predicted molar refractivity (Wildman–Crippen MR) is 133 cm³/mol. The number of halogens is 2. The van der Waals surface area contributed by atoms with Crippen molar-refractivity contribution >= 4 is 46.8 Å². The fourth-order valence-corrected chi connectivity index (χ4v) is 4.98. The largest absolute Gasteiger partial charge is 0.490 e. The number of carbonyl (C=O) groups excluding carboxylic acids is 2. The first kappa shape index (κ1) is 23.5. The summed E-state index contributed by atoms with van der Waals surface area (Å²) >= 11 is 13.6. The van der Waals surface area contributed by atoms with Gasteiger partial charge < -0.3 is 15.0 Å². The van der Waals surface area contributed by atoms with E-state index in [0.29, 0.717) is 46.8 Å². The van der Waals surface area contributed by atoms with Crippen molar-refractivity contribution in [3.05, 3.63) is 99.5 Å². The molecule has 1 N–H and O–H groups in total. The van der Waals surface area contributed by atoms with Crippen molar-refractivity contribution in [2.45, 2.75) is 11.9 Å². The van der Waals surface area contributed by atoms with Crippen LogP contribution in [0.5, 0.6) is 5.75 Å². The lowest BCUT2D eigenvalue weighted by Crippen LogP contribution is -2.28. The molecule has 170 valence electrons. The average molecular weight is 501 g/mol. The molecule has 3 aromatic rings. The summed E-state index contributed by atoms with van der Waals surface area (Å²) in [6, 6.07) is 22.1. The molecule has 1 fully saturated rings. The van der Waals surface area contributed by atoms with Gasteiger partial charge in [0, 0.05) is 17.1 Å². The van der Waals surface area contributed by atoms with Crippen LogP contribution in [0.15, 0.2) is 72.8 Å². The second-order valence-electron chi connectivity index (χ2n) is 7.47. The first-order valence-corrected chi connectivity index (χ1v) is 12.2. The number of thioether (sulfide) groups is 1. The normalized spacial score (nSPS) is 15.5. The summed E-state index contributed by atoms with van der Waals surface area (Å²) < 4.78 is 5.59. The van der Waals surface area contributed by atoms with E-state index in [9.17, 15) is 9.59 Å². The third kappa shape index (κ3) is 6.02. The SMILES string of the molecule is O=C(NCCOc1ccccc1Cl)c1ccc(C2SCC(=O)N2Cc2ccc(Cl)cc2)cc1. The van der Waals surface area contributed by atoms with Gasteiger partial charge in [0.1, 0.15) is 17.7 Å². The lowest BCUT2D eigenvalue weighted by molar-refractivity contribution is -0.128. The molecule has 0 bridgehead atoms. The molecule has 1 atom stereocenters. The van der Waals surface area contributed by atoms with Crippen LogP contribution >= 0.6 is 35.0 Å². The Bertz CT molecular complexity index is 1120. The zero-order valence-electron chi connectivity index (χ0n) is 17.7. The van der Waals surface area contributed by atoms with E-state index < -0.39 is 0 Å². The topological polar surface area (TPSA) is 58.6 Å². The van der Waals surface area contributed by atoms with Crippen molar-refractivity contribution in [2.75, 3.05) is 18.9 Å². The number of hydrogen-bond acceptors (Lipinski definition) is 4. The number of para-hydroxylation sites is 1. The molecule has 1 aliphatic heterocycles. The fraction of sp³-hybridized carbons (Fsp3) is 0.200. The van der Waals surface area contributed by atoms with E-state index in [4.69, 9.17) is 27.9 Å². The molecule has 1 unspecified atom stereocenters. The third-order valence-corrected chi connectivity index (χ3v) is 6.99. The highest BCUT2D eigenvalue weighted by atomic mass is 35.5. The molecule has 0 spiro atoms. The first-order valence-electron chi connectivity index (χ1n) is 10.4. The van der Waals surface area contributed by atoms with Gasteiger partial charge in [0.25, 0.3) is 5.91 Å². The summed E-state index contributed by atoms with van der Waals surface area (Å²) in [5, 5.41) is 3.96. The predicted octanol–water partition coefficient (Wildman–Crippen LogP) is 5.58. The maximum absolute atomic E-state index is 12.5. The molecule has 0 aromatic heterocycles. The van der Waals surface area contributed by atoms with Crippen molar-refractivity contribution in [1.29, 1.82) is 0 Å². The number of rotatable bonds is 8. The zero-order chi connectivity index (χ0) is 23.2. The second kappa shape index (κ2) is 11.0. The van der Waals surface area contributed by atoms with Crippen LogP contribution in [0.3, 0.4) is 0 Å². The van der Waals surface area contributed by atoms with Gasteiger partial charge in [-0.25, -0.2) is 0 Å². The van der Waals surface area contributed by atoms with Gasteiger partial charge in [-0.3, -0.25) is 9.59 Å². The summed E-state index contributed by atoms with van der Waals surface area (Å²) in [5.74, 6) is 0.939. The average Bonchev–Trinajstić information content (AvgIpc) is 3.19. The number of benzene rings is 3. The molecule has 0 aliphatic carbocycles. The van der Waals surface area contributed by atoms with Crippen molar-refractivity contribution in [1.82, 2.24) is 10.2 Å². The Balaban J connectivity index is 1.32. The van der Waals surface area contributed by atoms with Crippen LogP contribution in [0.1, 0.15) is 26.9 Å². The lowest BCUT2D eigenvalue weighted by atomic mass is 10.1. The van der Waals surface area contributed by atoms with Gasteiger partial charge in [-0.2, -0.15) is 0 Å². The summed E-state index contributed by atoms with van der Waals surface area (Å²) in [6.07, 6.45) is 0. The highest BCUT2D eigenvalue weighted by Gasteiger charge is 2.32. The summed E-state index contributed by atoms with van der Waals surface area (Å²) in [5.41, 5.74) is 2.56. The van der Waals surface area contributed by atoms with E-state index in [1.54, 1.807) is 36.0 Å². The third-order valence-electron chi connectivity index (χ3n) is 5.17. The van der Waals surface area contributed by atoms with Crippen LogP contribution in [0, 0.1) is 0 Å². The van der Waals surface area contributed by atoms with Crippen LogP contribution in [0.4, 0.5) is 0 Å². The molecule has 2 amide bonds. The molecule has 1 aliphatic rings. The lowest BCUT2D eigenvalue weighted by Gasteiger charge is -2.24. The molecule has 0 saturated carbocycles. The van der Waals surface area contributed by atoms with Gasteiger partial charge in [-0.05, 0) is 47.5 Å². The van der Waals surface area contributed by atoms with Crippen LogP contribution in [0.25, 0.3) is 0 Å². The molecule has 4 rings (SSSR count). The number of carbonyl (C=O) groups is 2. The maximum Gasteiger partial charge on any atom is 0.251 e. The van der Waals surface area contributed by atoms with Crippen LogP contribution in [-0.4, -0.2) is 35.6 Å². The molecule has 0 radical (unpaired) electrons. The Morgan fingerprint density at radius 3 is 2.48 bits per heavy atom. The Labute approximate surface area is 207 Å². The summed E-state index contributed by atoms with van der Waals surface area (Å²) in [4.78, 5) is 26.8. The summed E-state index contributed by atoms with van der Waals surface area (Å²) in [6.45, 7) is 1.18. The molecule has 5 nitrogen and oxygen atoms in total. The van der Waals surface area contributed by atoms with E-state index in [1.165, 1.54) is 0 Å². The summed E-state index contributed by atoms with van der Waals surface area (Å²) in [7, 11) is 0. The molecular formula is C25H22Cl2N2O3S. The standard InChI is InChI=1S/C25H22Cl2N2O3S/c26-20-11-5-17(6-12-20)15-29-23(30)16-33-25(29)19-9-7-18(8-10-19)24(31)28-13-14-32-22-4-2-1-3-21(22)27/h1-12,25H,13-16H2,(H,28,31). The second-order valence-corrected chi connectivity index (χ2v) is 9.38. The van der Waals surface area contributed by atoms with Crippen molar-refractivity contribution in [3.8, 4) is 5.75 Å². The first-order chi connectivity index (χ1) is 16.0. The van der Waals surface area contributed by atoms with Crippen molar-refractivity contribution in [3.63, 3.8) is 0 Å². The monoisotopic (exact) mass is 500 g/mol. The highest BCUT2D eigenvalue weighted by Crippen LogP contribution is 2.39. The van der Waals surface area contributed by atoms with E-state index in [1.807, 2.05) is 53.4 Å². The molecule has 8 heteroatoms. The minimum absolute atomic E-state index is 0.0886. The van der Waals surface area contributed by atoms with Gasteiger partial charge in [-0.15, -0.1) is 11.8 Å². The Kier molecular flexibility index (Phi) is 7.81. The van der Waals surface area contributed by atoms with Gasteiger partial charge in [0.05, 0.1) is 17.3 Å². The van der Waals surface area contributed by atoms with Gasteiger partial charge in [0.15, 0.2) is 0 Å². The Morgan fingerprint density at radius 1 is 1.03 bits per heavy atom. The van der Waals surface area contributed by atoms with Crippen molar-refractivity contribution < 1.29 is 14.3 Å². The smallest absolute Gasteiger partial charge is 0.251 e. The van der Waals surface area contributed by atoms with Crippen LogP contribution in [0.2, 0.25) is 10.0 Å². The Hall–Kier alpha value is -2.67. The van der Waals surface area contributed by atoms with E-state index in [-0.39, 0.29) is 17.2 Å². The van der Waals surface area contributed by atoms with E-state index in [0.717, 1.165) is 11.1 Å². The molecule has 33 heavy (non-hydrogen) atoms. The van der Waals surface area contributed by atoms with E-state index >= 15 is 0 Å². The van der Waals surface area contributed by atoms with Gasteiger partial charge in [0.2, 0.25) is 5.91 Å². The number of hydrogen-bond donors (Lipinski definition) is 1. The van der Waals surface area contributed by atoms with Gasteiger partial charge in [-0.1, -0.05) is 59.6 Å². The number of nitrogens with zero attached hydrogens (tertiary/aromatic N) is 1. The molecule has 3 aromatic carbocycles. The number of ether oxygens (including phenoxy) is 1. The fourth-order valence-electron chi connectivity index (χ4n) is 3.48. The van der Waals surface area contributed by atoms with Crippen LogP contribution in [-0.2, 0) is 11.3 Å². The highest BCUT2D eigenvalue weighted by molar-refractivity contribution is 8.00. The van der Waals surface area contributed by atoms with Gasteiger partial charge >= 0.3 is 0 Å². The number of nitrogens with one attached hydrogen (secondary N) is 1. The quantitative estimate of drug-likeness (QED) is 0.410. The van der Waals surface area contributed by atoms with Crippen molar-refractivity contribution in [2.24, 2.45) is 0 Å². The maximum atomic E-state index is 12.5. The molecular weight excluding hydrogens is 479 g/mol. The molecule has 1 saturated heterocycles. The van der Waals surface area contributed by atoms with E-state index in [2.05, 4.69) is 5.32 Å². The zero-order valence-corrected chi connectivity index (χ0v) is 20.0. The minimum Gasteiger partial charge on any atom is -0.490 e. The van der Waals surface area contributed by atoms with Crippen LogP contribution < -0.4 is 10.1 Å². The molecule has 1 heterocycles.